The van der Waals surface area contributed by atoms with Crippen LogP contribution in [0.5, 0.6) is 11.6 Å². The van der Waals surface area contributed by atoms with E-state index in [-0.39, 0.29) is 16.7 Å². The summed E-state index contributed by atoms with van der Waals surface area (Å²) in [4.78, 5) is 12.6. The van der Waals surface area contributed by atoms with Crippen molar-refractivity contribution >= 4 is 17.5 Å². The Labute approximate surface area is 137 Å². The molecule has 0 bridgehead atoms. The first-order valence-electron chi connectivity index (χ1n) is 6.77. The third-order valence-electron chi connectivity index (χ3n) is 3.05. The van der Waals surface area contributed by atoms with Crippen LogP contribution in [0.3, 0.4) is 0 Å². The summed E-state index contributed by atoms with van der Waals surface area (Å²) in [6.45, 7) is 0. The lowest BCUT2D eigenvalue weighted by molar-refractivity contribution is 0.429. The Morgan fingerprint density at radius 3 is 2.78 bits per heavy atom. The average molecular weight is 331 g/mol. The molecule has 0 saturated carbocycles. The fourth-order valence-corrected chi connectivity index (χ4v) is 2.13. The second kappa shape index (κ2) is 6.58. The van der Waals surface area contributed by atoms with Crippen LogP contribution in [0, 0.1) is 5.82 Å². The highest BCUT2D eigenvalue weighted by molar-refractivity contribution is 6.30. The van der Waals surface area contributed by atoms with E-state index in [1.807, 2.05) is 0 Å². The quantitative estimate of drug-likeness (QED) is 0.778. The molecule has 2 aromatic heterocycles. The van der Waals surface area contributed by atoms with Gasteiger partial charge in [-0.2, -0.15) is 0 Å². The van der Waals surface area contributed by atoms with E-state index >= 15 is 0 Å². The maximum Gasteiger partial charge on any atom is 0.228 e. The number of hydrogen-bond donors (Lipinski definition) is 1. The maximum atomic E-state index is 14.0. The zero-order chi connectivity index (χ0) is 16.2. The van der Waals surface area contributed by atoms with Crippen molar-refractivity contribution in [3.63, 3.8) is 0 Å². The van der Waals surface area contributed by atoms with Gasteiger partial charge in [-0.15, -0.1) is 0 Å². The molecule has 3 aromatic rings. The van der Waals surface area contributed by atoms with Crippen LogP contribution in [0.4, 0.5) is 10.3 Å². The van der Waals surface area contributed by atoms with Crippen molar-refractivity contribution in [2.75, 3.05) is 12.4 Å². The third kappa shape index (κ3) is 3.22. The van der Waals surface area contributed by atoms with Crippen molar-refractivity contribution in [1.29, 1.82) is 0 Å². The normalized spacial score (nSPS) is 10.4. The first-order chi connectivity index (χ1) is 11.2. The molecule has 0 amide bonds. The van der Waals surface area contributed by atoms with Crippen LogP contribution in [0.2, 0.25) is 5.02 Å². The molecule has 0 aliphatic heterocycles. The van der Waals surface area contributed by atoms with Crippen molar-refractivity contribution in [3.05, 3.63) is 59.6 Å². The van der Waals surface area contributed by atoms with Crippen LogP contribution in [0.1, 0.15) is 0 Å². The number of aromatic nitrogens is 3. The average Bonchev–Trinajstić information content (AvgIpc) is 2.59. The molecule has 1 aromatic carbocycles. The molecule has 3 rings (SSSR count). The highest BCUT2D eigenvalue weighted by atomic mass is 35.5. The second-order valence-corrected chi connectivity index (χ2v) is 4.93. The van der Waals surface area contributed by atoms with Crippen molar-refractivity contribution in [3.8, 4) is 22.9 Å². The summed E-state index contributed by atoms with van der Waals surface area (Å²) < 4.78 is 19.6. The van der Waals surface area contributed by atoms with Crippen molar-refractivity contribution < 1.29 is 9.13 Å². The van der Waals surface area contributed by atoms with Gasteiger partial charge in [0, 0.05) is 19.4 Å². The molecule has 5 nitrogen and oxygen atoms in total. The number of ether oxygens (including phenoxy) is 1. The molecule has 7 heteroatoms. The maximum absolute atomic E-state index is 14.0. The topological polar surface area (TPSA) is 59.9 Å². The summed E-state index contributed by atoms with van der Waals surface area (Å²) in [5, 5.41) is 2.85. The first kappa shape index (κ1) is 15.2. The van der Waals surface area contributed by atoms with E-state index in [9.17, 15) is 4.39 Å². The van der Waals surface area contributed by atoms with Gasteiger partial charge in [0.25, 0.3) is 0 Å². The van der Waals surface area contributed by atoms with Gasteiger partial charge in [-0.25, -0.2) is 19.3 Å². The molecule has 0 aliphatic rings. The second-order valence-electron chi connectivity index (χ2n) is 4.53. The number of pyridine rings is 1. The molecule has 116 valence electrons. The lowest BCUT2D eigenvalue weighted by Gasteiger charge is -2.11. The van der Waals surface area contributed by atoms with Gasteiger partial charge in [-0.1, -0.05) is 17.7 Å². The Kier molecular flexibility index (Phi) is 4.34. The Morgan fingerprint density at radius 2 is 1.96 bits per heavy atom. The lowest BCUT2D eigenvalue weighted by Crippen LogP contribution is -1.99. The molecule has 0 radical (unpaired) electrons. The summed E-state index contributed by atoms with van der Waals surface area (Å²) in [5.74, 6) is 0.0605. The number of benzene rings is 1. The van der Waals surface area contributed by atoms with Gasteiger partial charge in [0.1, 0.15) is 0 Å². The van der Waals surface area contributed by atoms with Crippen LogP contribution in [0.15, 0.2) is 48.8 Å². The standard InChI is InChI=1S/C16H12ClFN4O/c1-19-16-21-9-7-12(22-16)10-4-3-8-20-15(10)23-13-6-2-5-11(17)14(13)18/h2-9H,1H3,(H,19,21,22). The highest BCUT2D eigenvalue weighted by Crippen LogP contribution is 2.33. The van der Waals surface area contributed by atoms with Gasteiger partial charge in [-0.05, 0) is 30.3 Å². The van der Waals surface area contributed by atoms with Crippen LogP contribution >= 0.6 is 11.6 Å². The van der Waals surface area contributed by atoms with E-state index in [1.165, 1.54) is 12.1 Å². The number of nitrogens with zero attached hydrogens (tertiary/aromatic N) is 3. The fraction of sp³-hybridized carbons (Fsp3) is 0.0625. The molecular formula is C16H12ClFN4O. The molecule has 0 atom stereocenters. The minimum atomic E-state index is -0.635. The van der Waals surface area contributed by atoms with Crippen molar-refractivity contribution in [2.24, 2.45) is 0 Å². The number of halogens is 2. The molecule has 0 spiro atoms. The summed E-state index contributed by atoms with van der Waals surface area (Å²) in [6, 6.07) is 9.79. The van der Waals surface area contributed by atoms with Crippen LogP contribution in [0.25, 0.3) is 11.3 Å². The minimum Gasteiger partial charge on any atom is -0.435 e. The van der Waals surface area contributed by atoms with Gasteiger partial charge >= 0.3 is 0 Å². The predicted molar refractivity (Wildman–Crippen MR) is 86.3 cm³/mol. The molecule has 0 saturated heterocycles. The zero-order valence-electron chi connectivity index (χ0n) is 12.1. The van der Waals surface area contributed by atoms with E-state index in [0.29, 0.717) is 17.2 Å². The Balaban J connectivity index is 2.02. The van der Waals surface area contributed by atoms with Crippen LogP contribution < -0.4 is 10.1 Å². The Hall–Kier alpha value is -2.73. The van der Waals surface area contributed by atoms with E-state index in [2.05, 4.69) is 20.3 Å². The van der Waals surface area contributed by atoms with Gasteiger partial charge in [0.05, 0.1) is 16.3 Å². The summed E-state index contributed by atoms with van der Waals surface area (Å²) >= 11 is 5.77. The highest BCUT2D eigenvalue weighted by Gasteiger charge is 2.14. The summed E-state index contributed by atoms with van der Waals surface area (Å²) in [5.41, 5.74) is 1.22. The van der Waals surface area contributed by atoms with Crippen molar-refractivity contribution in [1.82, 2.24) is 15.0 Å². The molecule has 0 unspecified atom stereocenters. The molecule has 0 aliphatic carbocycles. The Morgan fingerprint density at radius 1 is 1.09 bits per heavy atom. The molecule has 1 N–H and O–H groups in total. The van der Waals surface area contributed by atoms with E-state index < -0.39 is 5.82 Å². The number of nitrogens with one attached hydrogen (secondary N) is 1. The SMILES string of the molecule is CNc1nccc(-c2cccnc2Oc2cccc(Cl)c2F)n1. The Bertz CT molecular complexity index is 844. The zero-order valence-corrected chi connectivity index (χ0v) is 12.9. The minimum absolute atomic E-state index is 0.000320. The number of rotatable bonds is 4. The van der Waals surface area contributed by atoms with Crippen LogP contribution in [-0.2, 0) is 0 Å². The fourth-order valence-electron chi connectivity index (χ4n) is 1.96. The smallest absolute Gasteiger partial charge is 0.228 e. The molecule has 2 heterocycles. The van der Waals surface area contributed by atoms with E-state index in [0.717, 1.165) is 0 Å². The number of hydrogen-bond acceptors (Lipinski definition) is 5. The third-order valence-corrected chi connectivity index (χ3v) is 3.34. The van der Waals surface area contributed by atoms with E-state index in [1.54, 1.807) is 43.7 Å². The monoisotopic (exact) mass is 330 g/mol. The van der Waals surface area contributed by atoms with E-state index in [4.69, 9.17) is 16.3 Å². The van der Waals surface area contributed by atoms with Gasteiger partial charge < -0.3 is 10.1 Å². The van der Waals surface area contributed by atoms with Crippen molar-refractivity contribution in [2.45, 2.75) is 0 Å². The molecule has 0 fully saturated rings. The van der Waals surface area contributed by atoms with Crippen LogP contribution in [-0.4, -0.2) is 22.0 Å². The largest absolute Gasteiger partial charge is 0.435 e. The first-order valence-corrected chi connectivity index (χ1v) is 7.15. The van der Waals surface area contributed by atoms with Gasteiger partial charge in [-0.3, -0.25) is 0 Å². The van der Waals surface area contributed by atoms with Gasteiger partial charge in [0.15, 0.2) is 11.6 Å². The lowest BCUT2D eigenvalue weighted by atomic mass is 10.2. The molecular weight excluding hydrogens is 319 g/mol. The summed E-state index contributed by atoms with van der Waals surface area (Å²) in [6.07, 6.45) is 3.17. The number of anilines is 1. The molecule has 23 heavy (non-hydrogen) atoms. The van der Waals surface area contributed by atoms with Gasteiger partial charge in [0.2, 0.25) is 11.8 Å². The predicted octanol–water partition coefficient (Wildman–Crippen LogP) is 4.17. The summed E-state index contributed by atoms with van der Waals surface area (Å²) in [7, 11) is 1.72.